The maximum Gasteiger partial charge on any atom is 0.345 e. The van der Waals surface area contributed by atoms with Crippen LogP contribution in [0.15, 0.2) is 47.3 Å². The molecular weight excluding hydrogens is 336 g/mol. The number of rotatable bonds is 7. The van der Waals surface area contributed by atoms with Crippen LogP contribution in [0.3, 0.4) is 0 Å². The number of hydrogen-bond donors (Lipinski definition) is 1. The van der Waals surface area contributed by atoms with Crippen LogP contribution in [0.1, 0.15) is 16.8 Å². The summed E-state index contributed by atoms with van der Waals surface area (Å²) in [5.41, 5.74) is 1.69. The van der Waals surface area contributed by atoms with Crippen molar-refractivity contribution in [1.82, 2.24) is 9.55 Å². The first-order valence-electron chi connectivity index (χ1n) is 8.21. The SMILES string of the molecule is COc1cccc(OC)c1C(=O)OCCCn1c(=O)[nH]c2ccccc21. The Kier molecular flexibility index (Phi) is 5.26. The standard InChI is InChI=1S/C19H20N2O5/c1-24-15-9-5-10-16(25-2)17(15)18(22)26-12-6-11-21-14-8-4-3-7-13(14)20-19(21)23/h3-5,7-10H,6,11-12H2,1-2H3,(H,20,23). The second-order valence-corrected chi connectivity index (χ2v) is 5.63. The third-order valence-electron chi connectivity index (χ3n) is 4.07. The molecule has 0 saturated heterocycles. The van der Waals surface area contributed by atoms with Gasteiger partial charge in [-0.05, 0) is 30.7 Å². The summed E-state index contributed by atoms with van der Waals surface area (Å²) in [6, 6.07) is 12.5. The van der Waals surface area contributed by atoms with Crippen molar-refractivity contribution in [2.45, 2.75) is 13.0 Å². The highest BCUT2D eigenvalue weighted by Gasteiger charge is 2.19. The Labute approximate surface area is 150 Å². The first-order chi connectivity index (χ1) is 12.7. The molecule has 1 heterocycles. The zero-order valence-electron chi connectivity index (χ0n) is 14.7. The molecular formula is C19H20N2O5. The predicted octanol–water partition coefficient (Wildman–Crippen LogP) is 2.59. The molecule has 0 saturated carbocycles. The smallest absolute Gasteiger partial charge is 0.345 e. The summed E-state index contributed by atoms with van der Waals surface area (Å²) in [4.78, 5) is 27.2. The molecule has 0 radical (unpaired) electrons. The molecule has 0 atom stereocenters. The Morgan fingerprint density at radius 3 is 2.42 bits per heavy atom. The molecule has 136 valence electrons. The van der Waals surface area contributed by atoms with E-state index in [2.05, 4.69) is 4.98 Å². The number of nitrogens with zero attached hydrogens (tertiary/aromatic N) is 1. The highest BCUT2D eigenvalue weighted by Crippen LogP contribution is 2.28. The average Bonchev–Trinajstić information content (AvgIpc) is 2.99. The van der Waals surface area contributed by atoms with E-state index in [0.29, 0.717) is 24.5 Å². The van der Waals surface area contributed by atoms with Gasteiger partial charge >= 0.3 is 11.7 Å². The minimum absolute atomic E-state index is 0.173. The topological polar surface area (TPSA) is 82.6 Å². The molecule has 7 heteroatoms. The molecule has 0 spiro atoms. The third-order valence-corrected chi connectivity index (χ3v) is 4.07. The molecule has 0 bridgehead atoms. The zero-order chi connectivity index (χ0) is 18.5. The van der Waals surface area contributed by atoms with E-state index < -0.39 is 5.97 Å². The molecule has 0 aliphatic rings. The van der Waals surface area contributed by atoms with Crippen LogP contribution >= 0.6 is 0 Å². The van der Waals surface area contributed by atoms with Crippen LogP contribution in [0.4, 0.5) is 0 Å². The highest BCUT2D eigenvalue weighted by molar-refractivity contribution is 5.95. The van der Waals surface area contributed by atoms with Gasteiger partial charge in [-0.3, -0.25) is 4.57 Å². The van der Waals surface area contributed by atoms with Gasteiger partial charge in [-0.1, -0.05) is 18.2 Å². The van der Waals surface area contributed by atoms with Gasteiger partial charge in [0.1, 0.15) is 17.1 Å². The highest BCUT2D eigenvalue weighted by atomic mass is 16.5. The lowest BCUT2D eigenvalue weighted by atomic mass is 10.2. The maximum atomic E-state index is 12.4. The number of carbonyl (C=O) groups excluding carboxylic acids is 1. The second-order valence-electron chi connectivity index (χ2n) is 5.63. The summed E-state index contributed by atoms with van der Waals surface area (Å²) in [5, 5.41) is 0. The fraction of sp³-hybridized carbons (Fsp3) is 0.263. The van der Waals surface area contributed by atoms with E-state index in [0.717, 1.165) is 11.0 Å². The Hall–Kier alpha value is -3.22. The minimum atomic E-state index is -0.523. The Morgan fingerprint density at radius 2 is 1.73 bits per heavy atom. The number of carbonyl (C=O) groups is 1. The number of methoxy groups -OCH3 is 2. The zero-order valence-corrected chi connectivity index (χ0v) is 14.7. The lowest BCUT2D eigenvalue weighted by Crippen LogP contribution is -2.18. The van der Waals surface area contributed by atoms with Crippen LogP contribution in [0.25, 0.3) is 11.0 Å². The van der Waals surface area contributed by atoms with Crippen molar-refractivity contribution in [3.8, 4) is 11.5 Å². The van der Waals surface area contributed by atoms with Crippen LogP contribution in [0.5, 0.6) is 11.5 Å². The van der Waals surface area contributed by atoms with E-state index in [9.17, 15) is 9.59 Å². The van der Waals surface area contributed by atoms with Crippen molar-refractivity contribution < 1.29 is 19.0 Å². The normalized spacial score (nSPS) is 10.7. The molecule has 0 unspecified atom stereocenters. The number of aryl methyl sites for hydroxylation is 1. The van der Waals surface area contributed by atoms with E-state index in [1.165, 1.54) is 14.2 Å². The van der Waals surface area contributed by atoms with Crippen LogP contribution in [0, 0.1) is 0 Å². The van der Waals surface area contributed by atoms with Gasteiger partial charge < -0.3 is 19.2 Å². The quantitative estimate of drug-likeness (QED) is 0.520. The number of H-pyrrole nitrogens is 1. The summed E-state index contributed by atoms with van der Waals surface area (Å²) in [6.07, 6.45) is 0.505. The van der Waals surface area contributed by atoms with Crippen molar-refractivity contribution in [1.29, 1.82) is 0 Å². The average molecular weight is 356 g/mol. The number of fused-ring (bicyclic) bond motifs is 1. The largest absolute Gasteiger partial charge is 0.496 e. The van der Waals surface area contributed by atoms with Crippen molar-refractivity contribution in [3.63, 3.8) is 0 Å². The molecule has 0 amide bonds. The van der Waals surface area contributed by atoms with Gasteiger partial charge in [0.25, 0.3) is 0 Å². The second kappa shape index (κ2) is 7.77. The van der Waals surface area contributed by atoms with E-state index in [4.69, 9.17) is 14.2 Å². The Bertz CT molecular complexity index is 951. The van der Waals surface area contributed by atoms with Gasteiger partial charge in [0.2, 0.25) is 0 Å². The first-order valence-corrected chi connectivity index (χ1v) is 8.21. The van der Waals surface area contributed by atoms with Gasteiger partial charge in [0.05, 0.1) is 31.9 Å². The lowest BCUT2D eigenvalue weighted by Gasteiger charge is -2.12. The van der Waals surface area contributed by atoms with Crippen molar-refractivity contribution in [2.24, 2.45) is 0 Å². The number of aromatic amines is 1. The summed E-state index contributed by atoms with van der Waals surface area (Å²) >= 11 is 0. The van der Waals surface area contributed by atoms with E-state index >= 15 is 0 Å². The first kappa shape index (κ1) is 17.6. The fourth-order valence-corrected chi connectivity index (χ4v) is 2.84. The number of imidazole rings is 1. The van der Waals surface area contributed by atoms with E-state index in [1.54, 1.807) is 22.8 Å². The number of ether oxygens (including phenoxy) is 3. The Balaban J connectivity index is 1.64. The van der Waals surface area contributed by atoms with Gasteiger partial charge in [0, 0.05) is 6.54 Å². The number of para-hydroxylation sites is 2. The van der Waals surface area contributed by atoms with Gasteiger partial charge in [-0.2, -0.15) is 0 Å². The predicted molar refractivity (Wildman–Crippen MR) is 97.0 cm³/mol. The molecule has 1 N–H and O–H groups in total. The molecule has 0 aliphatic carbocycles. The molecule has 2 aromatic carbocycles. The van der Waals surface area contributed by atoms with E-state index in [1.807, 2.05) is 24.3 Å². The number of esters is 1. The summed E-state index contributed by atoms with van der Waals surface area (Å²) < 4.78 is 17.4. The summed E-state index contributed by atoms with van der Waals surface area (Å²) in [7, 11) is 2.96. The summed E-state index contributed by atoms with van der Waals surface area (Å²) in [5.74, 6) is 0.259. The number of nitrogens with one attached hydrogen (secondary N) is 1. The molecule has 0 aliphatic heterocycles. The van der Waals surface area contributed by atoms with Crippen molar-refractivity contribution >= 4 is 17.0 Å². The minimum Gasteiger partial charge on any atom is -0.496 e. The van der Waals surface area contributed by atoms with Gasteiger partial charge in [0.15, 0.2) is 0 Å². The third kappa shape index (κ3) is 3.42. The molecule has 1 aromatic heterocycles. The maximum absolute atomic E-state index is 12.4. The molecule has 3 rings (SSSR count). The van der Waals surface area contributed by atoms with Gasteiger partial charge in [-0.15, -0.1) is 0 Å². The van der Waals surface area contributed by atoms with E-state index in [-0.39, 0.29) is 17.9 Å². The number of hydrogen-bond acceptors (Lipinski definition) is 5. The number of benzene rings is 2. The Morgan fingerprint density at radius 1 is 1.04 bits per heavy atom. The van der Waals surface area contributed by atoms with Crippen LogP contribution in [-0.2, 0) is 11.3 Å². The van der Waals surface area contributed by atoms with Crippen LogP contribution < -0.4 is 15.2 Å². The van der Waals surface area contributed by atoms with Crippen molar-refractivity contribution in [2.75, 3.05) is 20.8 Å². The van der Waals surface area contributed by atoms with Crippen LogP contribution in [-0.4, -0.2) is 36.3 Å². The monoisotopic (exact) mass is 356 g/mol. The summed E-state index contributed by atoms with van der Waals surface area (Å²) in [6.45, 7) is 0.616. The van der Waals surface area contributed by atoms with Gasteiger partial charge in [-0.25, -0.2) is 9.59 Å². The molecule has 7 nitrogen and oxygen atoms in total. The van der Waals surface area contributed by atoms with Crippen molar-refractivity contribution in [3.05, 3.63) is 58.5 Å². The molecule has 0 fully saturated rings. The lowest BCUT2D eigenvalue weighted by molar-refractivity contribution is 0.0488. The fourth-order valence-electron chi connectivity index (χ4n) is 2.84. The number of aromatic nitrogens is 2. The molecule has 26 heavy (non-hydrogen) atoms. The molecule has 3 aromatic rings. The van der Waals surface area contributed by atoms with Crippen LogP contribution in [0.2, 0.25) is 0 Å².